The minimum Gasteiger partial charge on any atom is -0.486 e. The van der Waals surface area contributed by atoms with Crippen molar-refractivity contribution in [1.29, 1.82) is 0 Å². The Kier molecular flexibility index (Phi) is 2.01. The third kappa shape index (κ3) is 1.43. The van der Waals surface area contributed by atoms with E-state index in [1.165, 1.54) is 0 Å². The number of ether oxygens (including phenoxy) is 2. The van der Waals surface area contributed by atoms with Crippen molar-refractivity contribution >= 4 is 16.9 Å². The first-order valence-corrected chi connectivity index (χ1v) is 5.29. The fourth-order valence-corrected chi connectivity index (χ4v) is 2.09. The van der Waals surface area contributed by atoms with Gasteiger partial charge in [-0.2, -0.15) is 0 Å². The van der Waals surface area contributed by atoms with Crippen molar-refractivity contribution < 1.29 is 19.4 Å². The molecule has 0 saturated heterocycles. The van der Waals surface area contributed by atoms with Gasteiger partial charge in [-0.25, -0.2) is 4.79 Å². The first kappa shape index (κ1) is 10.0. The maximum Gasteiger partial charge on any atom is 0.337 e. The van der Waals surface area contributed by atoms with Gasteiger partial charge in [-0.1, -0.05) is 0 Å². The summed E-state index contributed by atoms with van der Waals surface area (Å²) in [6.45, 7) is 1.02. The summed E-state index contributed by atoms with van der Waals surface area (Å²) >= 11 is 0. The van der Waals surface area contributed by atoms with E-state index in [4.69, 9.17) is 14.6 Å². The third-order valence-corrected chi connectivity index (χ3v) is 2.88. The Morgan fingerprint density at radius 2 is 1.94 bits per heavy atom. The number of carbonyl (C=O) groups is 1. The van der Waals surface area contributed by atoms with E-state index in [2.05, 4.69) is 0 Å². The highest BCUT2D eigenvalue weighted by Gasteiger charge is 2.18. The summed E-state index contributed by atoms with van der Waals surface area (Å²) in [5.74, 6) is 0.339. The number of benzene rings is 1. The lowest BCUT2D eigenvalue weighted by Crippen LogP contribution is -2.15. The number of carboxylic acid groups (broad SMARTS) is 1. The van der Waals surface area contributed by atoms with E-state index in [1.807, 2.05) is 13.1 Å². The van der Waals surface area contributed by atoms with E-state index in [9.17, 15) is 4.79 Å². The Morgan fingerprint density at radius 3 is 2.59 bits per heavy atom. The van der Waals surface area contributed by atoms with E-state index >= 15 is 0 Å². The van der Waals surface area contributed by atoms with Gasteiger partial charge in [0.25, 0.3) is 0 Å². The second-order valence-corrected chi connectivity index (χ2v) is 3.97. The van der Waals surface area contributed by atoms with Crippen molar-refractivity contribution in [2.75, 3.05) is 13.2 Å². The molecule has 0 spiro atoms. The van der Waals surface area contributed by atoms with Crippen LogP contribution >= 0.6 is 0 Å². The van der Waals surface area contributed by atoms with Crippen LogP contribution in [0.2, 0.25) is 0 Å². The summed E-state index contributed by atoms with van der Waals surface area (Å²) in [7, 11) is 1.81. The SMILES string of the molecule is Cn1cc(C(=O)O)c2cc3c(cc21)OCCO3. The molecule has 1 aliphatic heterocycles. The van der Waals surface area contributed by atoms with Gasteiger partial charge in [-0.05, 0) is 6.07 Å². The summed E-state index contributed by atoms with van der Waals surface area (Å²) in [4.78, 5) is 11.1. The number of aromatic nitrogens is 1. The quantitative estimate of drug-likeness (QED) is 0.813. The van der Waals surface area contributed by atoms with Crippen LogP contribution in [0.1, 0.15) is 10.4 Å². The van der Waals surface area contributed by atoms with E-state index in [0.717, 1.165) is 5.52 Å². The van der Waals surface area contributed by atoms with Crippen LogP contribution in [0, 0.1) is 0 Å². The molecule has 0 fully saturated rings. The molecule has 1 aliphatic rings. The number of aryl methyl sites for hydroxylation is 1. The normalized spacial score (nSPS) is 13.9. The number of nitrogens with zero attached hydrogens (tertiary/aromatic N) is 1. The van der Waals surface area contributed by atoms with Gasteiger partial charge in [0.05, 0.1) is 11.1 Å². The molecule has 88 valence electrons. The maximum atomic E-state index is 11.1. The first-order valence-electron chi connectivity index (χ1n) is 5.29. The molecule has 0 bridgehead atoms. The van der Waals surface area contributed by atoms with Gasteiger partial charge in [0.15, 0.2) is 11.5 Å². The van der Waals surface area contributed by atoms with Gasteiger partial charge in [0, 0.05) is 24.7 Å². The molecule has 0 unspecified atom stereocenters. The predicted molar refractivity (Wildman–Crippen MR) is 60.9 cm³/mol. The number of aromatic carboxylic acids is 1. The fraction of sp³-hybridized carbons (Fsp3) is 0.250. The van der Waals surface area contributed by atoms with Crippen molar-refractivity contribution in [3.05, 3.63) is 23.9 Å². The van der Waals surface area contributed by atoms with Crippen molar-refractivity contribution in [1.82, 2.24) is 4.57 Å². The molecule has 5 nitrogen and oxygen atoms in total. The Bertz CT molecular complexity index is 614. The lowest BCUT2D eigenvalue weighted by atomic mass is 10.1. The van der Waals surface area contributed by atoms with Crippen molar-refractivity contribution in [2.45, 2.75) is 0 Å². The van der Waals surface area contributed by atoms with Gasteiger partial charge >= 0.3 is 5.97 Å². The standard InChI is InChI=1S/C12H11NO4/c1-13-6-8(12(14)15)7-4-10-11(5-9(7)13)17-3-2-16-10/h4-6H,2-3H2,1H3,(H,14,15). The van der Waals surface area contributed by atoms with Crippen LogP contribution in [-0.4, -0.2) is 28.9 Å². The molecule has 17 heavy (non-hydrogen) atoms. The van der Waals surface area contributed by atoms with E-state index < -0.39 is 5.97 Å². The lowest BCUT2D eigenvalue weighted by Gasteiger charge is -2.18. The topological polar surface area (TPSA) is 60.7 Å². The molecule has 1 N–H and O–H groups in total. The van der Waals surface area contributed by atoms with Crippen LogP contribution < -0.4 is 9.47 Å². The highest BCUT2D eigenvalue weighted by molar-refractivity contribution is 6.04. The minimum atomic E-state index is -0.938. The van der Waals surface area contributed by atoms with Crippen LogP contribution in [0.25, 0.3) is 10.9 Å². The van der Waals surface area contributed by atoms with Gasteiger partial charge in [-0.15, -0.1) is 0 Å². The van der Waals surface area contributed by atoms with Gasteiger partial charge < -0.3 is 19.1 Å². The first-order chi connectivity index (χ1) is 8.16. The Hall–Kier alpha value is -2.17. The summed E-state index contributed by atoms with van der Waals surface area (Å²) in [6.07, 6.45) is 1.60. The monoisotopic (exact) mass is 233 g/mol. The van der Waals surface area contributed by atoms with E-state index in [1.54, 1.807) is 16.8 Å². The van der Waals surface area contributed by atoms with Crippen molar-refractivity contribution in [3.8, 4) is 11.5 Å². The summed E-state index contributed by atoms with van der Waals surface area (Å²) in [5, 5.41) is 9.79. The molecule has 0 amide bonds. The zero-order valence-corrected chi connectivity index (χ0v) is 9.27. The zero-order valence-electron chi connectivity index (χ0n) is 9.27. The average molecular weight is 233 g/mol. The van der Waals surface area contributed by atoms with Crippen molar-refractivity contribution in [2.24, 2.45) is 7.05 Å². The second kappa shape index (κ2) is 3.41. The van der Waals surface area contributed by atoms with Crippen molar-refractivity contribution in [3.63, 3.8) is 0 Å². The third-order valence-electron chi connectivity index (χ3n) is 2.88. The minimum absolute atomic E-state index is 0.277. The van der Waals surface area contributed by atoms with E-state index in [0.29, 0.717) is 30.1 Å². The molecular weight excluding hydrogens is 222 g/mol. The summed E-state index contributed by atoms with van der Waals surface area (Å²) in [5.41, 5.74) is 1.10. The largest absolute Gasteiger partial charge is 0.486 e. The fourth-order valence-electron chi connectivity index (χ4n) is 2.09. The van der Waals surface area contributed by atoms with Gasteiger partial charge in [-0.3, -0.25) is 0 Å². The van der Waals surface area contributed by atoms with Crippen LogP contribution in [0.5, 0.6) is 11.5 Å². The molecule has 1 aromatic heterocycles. The lowest BCUT2D eigenvalue weighted by molar-refractivity contribution is 0.0699. The summed E-state index contributed by atoms with van der Waals surface area (Å²) in [6, 6.07) is 3.55. The number of hydrogen-bond donors (Lipinski definition) is 1. The molecule has 3 rings (SSSR count). The number of fused-ring (bicyclic) bond motifs is 2. The number of hydrogen-bond acceptors (Lipinski definition) is 3. The molecule has 5 heteroatoms. The second-order valence-electron chi connectivity index (χ2n) is 3.97. The zero-order chi connectivity index (χ0) is 12.0. The van der Waals surface area contributed by atoms with Crippen LogP contribution in [0.3, 0.4) is 0 Å². The van der Waals surface area contributed by atoms with Gasteiger partial charge in [0.1, 0.15) is 13.2 Å². The Morgan fingerprint density at radius 1 is 1.29 bits per heavy atom. The molecule has 0 saturated carbocycles. The van der Waals surface area contributed by atoms with Crippen LogP contribution in [-0.2, 0) is 7.05 Å². The Balaban J connectivity index is 2.31. The molecule has 0 aliphatic carbocycles. The smallest absolute Gasteiger partial charge is 0.337 e. The average Bonchev–Trinajstić information content (AvgIpc) is 2.64. The maximum absolute atomic E-state index is 11.1. The highest BCUT2D eigenvalue weighted by atomic mass is 16.6. The molecular formula is C12H11NO4. The molecule has 0 atom stereocenters. The molecule has 2 aromatic rings. The van der Waals surface area contributed by atoms with Crippen LogP contribution in [0.15, 0.2) is 18.3 Å². The molecule has 0 radical (unpaired) electrons. The van der Waals surface area contributed by atoms with Crippen LogP contribution in [0.4, 0.5) is 0 Å². The van der Waals surface area contributed by atoms with Gasteiger partial charge in [0.2, 0.25) is 0 Å². The Labute approximate surface area is 97.2 Å². The number of carboxylic acids is 1. The highest BCUT2D eigenvalue weighted by Crippen LogP contribution is 2.36. The predicted octanol–water partition coefficient (Wildman–Crippen LogP) is 1.65. The van der Waals surface area contributed by atoms with E-state index in [-0.39, 0.29) is 5.56 Å². The molecule has 1 aromatic carbocycles. The summed E-state index contributed by atoms with van der Waals surface area (Å²) < 4.78 is 12.7. The molecule has 2 heterocycles. The number of rotatable bonds is 1.